The standard InChI is InChI=1S/2C16H20O6/c1-2-10(5-3-8-13(17)18)9-11-6-4-7-12(15(19)20)14(11)16(21)22;1-2-11(6-5-9-14(17)18)10-22-16(21)13-8-4-3-7-12(13)15(19)20/h4,6-7,10H,2-3,5,8-9H2,1H3,(H,17,18)(H,19,20)(H,21,22);3-4,7-8,11H,2,5-6,9-10H2,1H3,(H,17,18)(H,19,20). The van der Waals surface area contributed by atoms with E-state index < -0.39 is 35.8 Å². The number of rotatable bonds is 18. The van der Waals surface area contributed by atoms with E-state index >= 15 is 0 Å². The second-order valence-electron chi connectivity index (χ2n) is 10.2. The number of carbonyl (C=O) groups excluding carboxylic acids is 1. The molecule has 2 rings (SSSR count). The van der Waals surface area contributed by atoms with Gasteiger partial charge in [0.1, 0.15) is 0 Å². The Labute approximate surface area is 255 Å². The molecule has 0 aliphatic heterocycles. The summed E-state index contributed by atoms with van der Waals surface area (Å²) in [5.74, 6) is -5.87. The van der Waals surface area contributed by atoms with Gasteiger partial charge in [-0.2, -0.15) is 0 Å². The minimum atomic E-state index is -1.27. The van der Waals surface area contributed by atoms with Gasteiger partial charge in [0.05, 0.1) is 28.9 Å². The molecule has 2 aromatic rings. The van der Waals surface area contributed by atoms with Crippen LogP contribution in [0.15, 0.2) is 42.5 Å². The van der Waals surface area contributed by atoms with E-state index in [4.69, 9.17) is 25.2 Å². The van der Waals surface area contributed by atoms with Crippen LogP contribution in [0, 0.1) is 11.8 Å². The third kappa shape index (κ3) is 13.1. The molecular weight excluding hydrogens is 576 g/mol. The van der Waals surface area contributed by atoms with Crippen LogP contribution in [0.1, 0.15) is 112 Å². The largest absolute Gasteiger partial charge is 0.481 e. The van der Waals surface area contributed by atoms with Crippen LogP contribution in [-0.2, 0) is 20.7 Å². The maximum absolute atomic E-state index is 12.0. The third-order valence-electron chi connectivity index (χ3n) is 7.09. The minimum Gasteiger partial charge on any atom is -0.481 e. The number of carbonyl (C=O) groups is 6. The molecular formula is C32H40O12. The van der Waals surface area contributed by atoms with Crippen LogP contribution in [0.5, 0.6) is 0 Å². The van der Waals surface area contributed by atoms with Crippen LogP contribution in [0.25, 0.3) is 0 Å². The van der Waals surface area contributed by atoms with Gasteiger partial charge in [0.15, 0.2) is 0 Å². The summed E-state index contributed by atoms with van der Waals surface area (Å²) in [5, 5.41) is 44.7. The van der Waals surface area contributed by atoms with Crippen molar-refractivity contribution in [2.24, 2.45) is 11.8 Å². The van der Waals surface area contributed by atoms with Gasteiger partial charge in [0.25, 0.3) is 0 Å². The topological polar surface area (TPSA) is 213 Å². The normalized spacial score (nSPS) is 11.8. The summed E-state index contributed by atoms with van der Waals surface area (Å²) < 4.78 is 5.18. The van der Waals surface area contributed by atoms with E-state index in [1.54, 1.807) is 18.2 Å². The van der Waals surface area contributed by atoms with Gasteiger partial charge < -0.3 is 30.3 Å². The predicted octanol–water partition coefficient (Wildman–Crippen LogP) is 5.73. The lowest BCUT2D eigenvalue weighted by molar-refractivity contribution is -0.138. The van der Waals surface area contributed by atoms with Crippen molar-refractivity contribution in [2.75, 3.05) is 6.61 Å². The Kier molecular flexibility index (Phi) is 16.5. The predicted molar refractivity (Wildman–Crippen MR) is 158 cm³/mol. The minimum absolute atomic E-state index is 0.0235. The zero-order valence-corrected chi connectivity index (χ0v) is 24.9. The monoisotopic (exact) mass is 616 g/mol. The molecule has 2 unspecified atom stereocenters. The molecule has 0 saturated carbocycles. The second-order valence-corrected chi connectivity index (χ2v) is 10.2. The molecule has 0 amide bonds. The molecule has 0 aliphatic carbocycles. The van der Waals surface area contributed by atoms with Crippen molar-refractivity contribution in [2.45, 2.75) is 71.6 Å². The Balaban J connectivity index is 0.000000440. The maximum Gasteiger partial charge on any atom is 0.339 e. The molecule has 0 spiro atoms. The third-order valence-corrected chi connectivity index (χ3v) is 7.09. The van der Waals surface area contributed by atoms with E-state index in [-0.39, 0.29) is 53.5 Å². The number of benzene rings is 2. The quantitative estimate of drug-likeness (QED) is 0.127. The average Bonchev–Trinajstić information content (AvgIpc) is 2.97. The second kappa shape index (κ2) is 19.4. The summed E-state index contributed by atoms with van der Waals surface area (Å²) >= 11 is 0. The van der Waals surface area contributed by atoms with Crippen molar-refractivity contribution in [3.8, 4) is 0 Å². The Hall–Kier alpha value is -4.74. The van der Waals surface area contributed by atoms with Crippen LogP contribution >= 0.6 is 0 Å². The summed E-state index contributed by atoms with van der Waals surface area (Å²) in [6.07, 6.45) is 4.49. The van der Waals surface area contributed by atoms with Crippen LogP contribution < -0.4 is 0 Å². The zero-order chi connectivity index (χ0) is 33.2. The molecule has 0 saturated heterocycles. The molecule has 12 heteroatoms. The van der Waals surface area contributed by atoms with Gasteiger partial charge in [0.2, 0.25) is 0 Å². The van der Waals surface area contributed by atoms with E-state index in [0.29, 0.717) is 37.7 Å². The molecule has 5 N–H and O–H groups in total. The Morgan fingerprint density at radius 1 is 0.636 bits per heavy atom. The fourth-order valence-corrected chi connectivity index (χ4v) is 4.57. The van der Waals surface area contributed by atoms with Crippen molar-refractivity contribution in [3.05, 3.63) is 70.3 Å². The van der Waals surface area contributed by atoms with E-state index in [2.05, 4.69) is 0 Å². The summed E-state index contributed by atoms with van der Waals surface area (Å²) in [7, 11) is 0. The smallest absolute Gasteiger partial charge is 0.339 e. The van der Waals surface area contributed by atoms with Gasteiger partial charge in [-0.1, -0.05) is 51.0 Å². The molecule has 0 heterocycles. The zero-order valence-electron chi connectivity index (χ0n) is 24.9. The summed E-state index contributed by atoms with van der Waals surface area (Å²) in [5.41, 5.74) is 0.0217. The highest BCUT2D eigenvalue weighted by Gasteiger charge is 2.22. The van der Waals surface area contributed by atoms with Gasteiger partial charge in [-0.05, 0) is 67.7 Å². The Bertz CT molecular complexity index is 1300. The Morgan fingerprint density at radius 3 is 1.61 bits per heavy atom. The molecule has 2 aromatic carbocycles. The first-order chi connectivity index (χ1) is 20.8. The SMILES string of the molecule is CCC(CCCC(=O)O)COC(=O)c1ccccc1C(=O)O.CCC(CCCC(=O)O)Cc1cccc(C(=O)O)c1C(=O)O. The van der Waals surface area contributed by atoms with Gasteiger partial charge in [-0.15, -0.1) is 0 Å². The van der Waals surface area contributed by atoms with Crippen LogP contribution in [0.3, 0.4) is 0 Å². The van der Waals surface area contributed by atoms with Crippen molar-refractivity contribution in [3.63, 3.8) is 0 Å². The van der Waals surface area contributed by atoms with Crippen LogP contribution in [0.2, 0.25) is 0 Å². The molecule has 240 valence electrons. The van der Waals surface area contributed by atoms with Gasteiger partial charge in [0, 0.05) is 12.8 Å². The number of carboxylic acids is 5. The number of ether oxygens (including phenoxy) is 1. The highest BCUT2D eigenvalue weighted by atomic mass is 16.5. The number of esters is 1. The van der Waals surface area contributed by atoms with Crippen LogP contribution in [-0.4, -0.2) is 68.0 Å². The first kappa shape index (κ1) is 37.3. The number of carboxylic acid groups (broad SMARTS) is 5. The molecule has 0 aliphatic rings. The summed E-state index contributed by atoms with van der Waals surface area (Å²) in [4.78, 5) is 66.6. The summed E-state index contributed by atoms with van der Waals surface area (Å²) in [6.45, 7) is 4.04. The molecule has 12 nitrogen and oxygen atoms in total. The number of aromatic carboxylic acids is 3. The van der Waals surface area contributed by atoms with Crippen molar-refractivity contribution in [1.82, 2.24) is 0 Å². The molecule has 0 radical (unpaired) electrons. The van der Waals surface area contributed by atoms with Crippen molar-refractivity contribution in [1.29, 1.82) is 0 Å². The van der Waals surface area contributed by atoms with Gasteiger partial charge in [-0.25, -0.2) is 19.2 Å². The highest BCUT2D eigenvalue weighted by Crippen LogP contribution is 2.23. The lowest BCUT2D eigenvalue weighted by Crippen LogP contribution is -2.16. The van der Waals surface area contributed by atoms with Crippen molar-refractivity contribution < 1.29 is 59.0 Å². The lowest BCUT2D eigenvalue weighted by atomic mass is 9.88. The summed E-state index contributed by atoms with van der Waals surface area (Å²) in [6, 6.07) is 10.3. The van der Waals surface area contributed by atoms with Crippen LogP contribution in [0.4, 0.5) is 0 Å². The van der Waals surface area contributed by atoms with Gasteiger partial charge >= 0.3 is 35.8 Å². The average molecular weight is 617 g/mol. The van der Waals surface area contributed by atoms with Gasteiger partial charge in [-0.3, -0.25) is 9.59 Å². The molecule has 0 aromatic heterocycles. The Morgan fingerprint density at radius 2 is 1.14 bits per heavy atom. The van der Waals surface area contributed by atoms with E-state index in [9.17, 15) is 33.9 Å². The highest BCUT2D eigenvalue weighted by molar-refractivity contribution is 6.03. The number of hydrogen-bond acceptors (Lipinski definition) is 7. The fourth-order valence-electron chi connectivity index (χ4n) is 4.57. The molecule has 0 fully saturated rings. The van der Waals surface area contributed by atoms with E-state index in [1.807, 2.05) is 13.8 Å². The first-order valence-corrected chi connectivity index (χ1v) is 14.3. The fraction of sp³-hybridized carbons (Fsp3) is 0.438. The maximum atomic E-state index is 12.0. The molecule has 2 atom stereocenters. The molecule has 44 heavy (non-hydrogen) atoms. The molecule has 0 bridgehead atoms. The first-order valence-electron chi connectivity index (χ1n) is 14.3. The number of aliphatic carboxylic acids is 2. The number of hydrogen-bond donors (Lipinski definition) is 5. The van der Waals surface area contributed by atoms with E-state index in [0.717, 1.165) is 12.8 Å². The van der Waals surface area contributed by atoms with Crippen molar-refractivity contribution >= 4 is 35.8 Å². The van der Waals surface area contributed by atoms with E-state index in [1.165, 1.54) is 24.3 Å². The lowest BCUT2D eigenvalue weighted by Gasteiger charge is -2.16.